The molecule has 0 saturated carbocycles. The Morgan fingerprint density at radius 1 is 1.38 bits per heavy atom. The molecule has 21 heavy (non-hydrogen) atoms. The number of carboxylic acid groups (broad SMARTS) is 1. The highest BCUT2D eigenvalue weighted by Crippen LogP contribution is 2.15. The van der Waals surface area contributed by atoms with Gasteiger partial charge in [-0.2, -0.15) is 4.98 Å². The number of hydrogen-bond donors (Lipinski definition) is 2. The van der Waals surface area contributed by atoms with Gasteiger partial charge in [-0.3, -0.25) is 14.2 Å². The number of nitrogens with zero attached hydrogens (tertiary/aromatic N) is 2. The average molecular weight is 295 g/mol. The van der Waals surface area contributed by atoms with E-state index < -0.39 is 17.7 Å². The molecule has 1 unspecified atom stereocenters. The number of hydrogen-bond acceptors (Lipinski definition) is 4. The first-order chi connectivity index (χ1) is 9.79. The smallest absolute Gasteiger partial charge is 0.348 e. The molecule has 0 radical (unpaired) electrons. The molecule has 1 atom stereocenters. The van der Waals surface area contributed by atoms with Crippen LogP contribution >= 0.6 is 0 Å². The van der Waals surface area contributed by atoms with E-state index in [0.717, 1.165) is 0 Å². The van der Waals surface area contributed by atoms with E-state index in [2.05, 4.69) is 10.3 Å². The van der Waals surface area contributed by atoms with Gasteiger partial charge in [-0.05, 0) is 39.7 Å². The van der Waals surface area contributed by atoms with Crippen molar-refractivity contribution < 1.29 is 14.7 Å². The molecule has 0 aliphatic rings. The quantitative estimate of drug-likeness (QED) is 0.799. The molecule has 116 valence electrons. The van der Waals surface area contributed by atoms with Crippen LogP contribution in [0.15, 0.2) is 4.79 Å². The van der Waals surface area contributed by atoms with Crippen LogP contribution in [0.25, 0.3) is 0 Å². The molecular weight excluding hydrogens is 274 g/mol. The third kappa shape index (κ3) is 3.90. The summed E-state index contributed by atoms with van der Waals surface area (Å²) in [6, 6.07) is -0.686. The summed E-state index contributed by atoms with van der Waals surface area (Å²) in [4.78, 5) is 38.6. The molecule has 1 aromatic rings. The maximum absolute atomic E-state index is 12.1. The van der Waals surface area contributed by atoms with Crippen molar-refractivity contribution in [3.63, 3.8) is 0 Å². The Morgan fingerprint density at radius 3 is 2.52 bits per heavy atom. The Balaban J connectivity index is 3.26. The summed E-state index contributed by atoms with van der Waals surface area (Å²) in [6.45, 7) is 7.28. The van der Waals surface area contributed by atoms with E-state index in [1.54, 1.807) is 27.7 Å². The van der Waals surface area contributed by atoms with E-state index in [1.165, 1.54) is 4.57 Å². The molecule has 7 heteroatoms. The Morgan fingerprint density at radius 2 is 2.00 bits per heavy atom. The molecule has 1 aromatic heterocycles. The second-order valence-corrected chi connectivity index (χ2v) is 4.88. The molecular formula is C14H21N3O4. The largest absolute Gasteiger partial charge is 0.481 e. The van der Waals surface area contributed by atoms with E-state index in [9.17, 15) is 14.4 Å². The average Bonchev–Trinajstić information content (AvgIpc) is 2.37. The molecule has 2 N–H and O–H groups in total. The lowest BCUT2D eigenvalue weighted by atomic mass is 10.1. The van der Waals surface area contributed by atoms with Crippen LogP contribution < -0.4 is 11.0 Å². The van der Waals surface area contributed by atoms with E-state index in [4.69, 9.17) is 5.11 Å². The molecule has 7 nitrogen and oxygen atoms in total. The number of carbonyl (C=O) groups is 2. The van der Waals surface area contributed by atoms with Crippen LogP contribution in [0.3, 0.4) is 0 Å². The molecule has 0 aromatic carbocycles. The summed E-state index contributed by atoms with van der Waals surface area (Å²) in [5.41, 5.74) is 1.31. The lowest BCUT2D eigenvalue weighted by molar-refractivity contribution is -0.137. The van der Waals surface area contributed by atoms with Crippen LogP contribution in [-0.2, 0) is 16.0 Å². The van der Waals surface area contributed by atoms with Gasteiger partial charge in [-0.1, -0.05) is 0 Å². The number of aromatic nitrogens is 2. The van der Waals surface area contributed by atoms with Crippen molar-refractivity contribution in [3.05, 3.63) is 27.4 Å². The zero-order valence-electron chi connectivity index (χ0n) is 12.8. The monoisotopic (exact) mass is 295 g/mol. The number of carboxylic acids is 1. The Labute approximate surface area is 123 Å². The zero-order valence-corrected chi connectivity index (χ0v) is 12.8. The highest BCUT2D eigenvalue weighted by atomic mass is 16.4. The van der Waals surface area contributed by atoms with Gasteiger partial charge in [0.2, 0.25) is 5.91 Å². The lowest BCUT2D eigenvalue weighted by Crippen LogP contribution is -2.38. The predicted octanol–water partition coefficient (Wildman–Crippen LogP) is 0.574. The molecule has 0 bridgehead atoms. The minimum atomic E-state index is -0.914. The first-order valence-corrected chi connectivity index (χ1v) is 6.87. The molecule has 1 amide bonds. The van der Waals surface area contributed by atoms with Crippen LogP contribution in [0.5, 0.6) is 0 Å². The van der Waals surface area contributed by atoms with Gasteiger partial charge >= 0.3 is 11.7 Å². The molecule has 0 fully saturated rings. The maximum Gasteiger partial charge on any atom is 0.348 e. The van der Waals surface area contributed by atoms with Crippen LogP contribution in [0.4, 0.5) is 0 Å². The highest BCUT2D eigenvalue weighted by molar-refractivity contribution is 5.79. The van der Waals surface area contributed by atoms with Gasteiger partial charge in [0.05, 0.1) is 0 Å². The number of carbonyl (C=O) groups excluding carboxylic acids is 1. The van der Waals surface area contributed by atoms with Crippen LogP contribution in [0.1, 0.15) is 43.3 Å². The summed E-state index contributed by atoms with van der Waals surface area (Å²) in [5, 5.41) is 11.5. The number of aryl methyl sites for hydroxylation is 1. The van der Waals surface area contributed by atoms with Crippen molar-refractivity contribution in [1.29, 1.82) is 0 Å². The van der Waals surface area contributed by atoms with Gasteiger partial charge in [-0.15, -0.1) is 0 Å². The van der Waals surface area contributed by atoms with Crippen molar-refractivity contribution in [2.45, 2.75) is 46.6 Å². The van der Waals surface area contributed by atoms with E-state index in [1.807, 2.05) is 0 Å². The fraction of sp³-hybridized carbons (Fsp3) is 0.571. The van der Waals surface area contributed by atoms with Gasteiger partial charge in [0.15, 0.2) is 0 Å². The molecule has 1 rings (SSSR count). The van der Waals surface area contributed by atoms with Crippen molar-refractivity contribution in [2.24, 2.45) is 0 Å². The summed E-state index contributed by atoms with van der Waals surface area (Å²) in [7, 11) is 0. The van der Waals surface area contributed by atoms with E-state index in [-0.39, 0.29) is 18.7 Å². The number of aliphatic carboxylic acids is 1. The number of rotatable bonds is 6. The van der Waals surface area contributed by atoms with Gasteiger partial charge < -0.3 is 10.4 Å². The first kappa shape index (κ1) is 16.9. The topological polar surface area (TPSA) is 101 Å². The highest BCUT2D eigenvalue weighted by Gasteiger charge is 2.21. The fourth-order valence-electron chi connectivity index (χ4n) is 2.30. The summed E-state index contributed by atoms with van der Waals surface area (Å²) in [5.74, 6) is -1.18. The second-order valence-electron chi connectivity index (χ2n) is 4.88. The van der Waals surface area contributed by atoms with Crippen molar-refractivity contribution in [2.75, 3.05) is 6.54 Å². The van der Waals surface area contributed by atoms with Gasteiger partial charge in [0.1, 0.15) is 6.04 Å². The van der Waals surface area contributed by atoms with Crippen LogP contribution in [0.2, 0.25) is 0 Å². The minimum Gasteiger partial charge on any atom is -0.481 e. The first-order valence-electron chi connectivity index (χ1n) is 6.87. The number of nitrogens with one attached hydrogen (secondary N) is 1. The molecule has 0 aliphatic carbocycles. The standard InChI is InChI=1S/C14H21N3O4/c1-5-15-13(20)10(4)17-9(3)11(6-7-12(18)19)8(2)16-14(17)21/h10H,5-7H2,1-4H3,(H,15,20)(H,18,19). The number of likely N-dealkylation sites (N-methyl/N-ethyl adjacent to an activating group) is 1. The van der Waals surface area contributed by atoms with Crippen LogP contribution in [-0.4, -0.2) is 33.1 Å². The molecule has 1 heterocycles. The fourth-order valence-corrected chi connectivity index (χ4v) is 2.30. The SMILES string of the molecule is CCNC(=O)C(C)n1c(C)c(CCC(=O)O)c(C)nc1=O. The second kappa shape index (κ2) is 7.01. The Bertz CT molecular complexity index is 607. The van der Waals surface area contributed by atoms with Crippen molar-refractivity contribution in [3.8, 4) is 0 Å². The molecule has 0 spiro atoms. The minimum absolute atomic E-state index is 0.0445. The molecule has 0 aliphatic heterocycles. The lowest BCUT2D eigenvalue weighted by Gasteiger charge is -2.20. The third-order valence-corrected chi connectivity index (χ3v) is 3.41. The number of amides is 1. The third-order valence-electron chi connectivity index (χ3n) is 3.41. The molecule has 0 saturated heterocycles. The van der Waals surface area contributed by atoms with E-state index in [0.29, 0.717) is 23.5 Å². The van der Waals surface area contributed by atoms with Gasteiger partial charge in [-0.25, -0.2) is 4.79 Å². The van der Waals surface area contributed by atoms with E-state index >= 15 is 0 Å². The summed E-state index contributed by atoms with van der Waals surface area (Å²) in [6.07, 6.45) is 0.236. The Hall–Kier alpha value is -2.18. The van der Waals surface area contributed by atoms with Crippen molar-refractivity contribution >= 4 is 11.9 Å². The normalized spacial score (nSPS) is 12.0. The van der Waals surface area contributed by atoms with Crippen LogP contribution in [0, 0.1) is 13.8 Å². The van der Waals surface area contributed by atoms with Gasteiger partial charge in [0.25, 0.3) is 0 Å². The zero-order chi connectivity index (χ0) is 16.2. The van der Waals surface area contributed by atoms with Crippen molar-refractivity contribution in [1.82, 2.24) is 14.9 Å². The summed E-state index contributed by atoms with van der Waals surface area (Å²) >= 11 is 0. The Kier molecular flexibility index (Phi) is 5.63. The van der Waals surface area contributed by atoms with Gasteiger partial charge in [0, 0.05) is 24.4 Å². The summed E-state index contributed by atoms with van der Waals surface area (Å²) < 4.78 is 1.31. The predicted molar refractivity (Wildman–Crippen MR) is 77.3 cm³/mol. The maximum atomic E-state index is 12.1.